The van der Waals surface area contributed by atoms with Crippen molar-refractivity contribution < 1.29 is 23.4 Å². The maximum Gasteiger partial charge on any atom is 0.323 e. The SMILES string of the molecule is CN[C@@H](COC[C@@H]1CC(F)(F)CN1)C(=O)O. The van der Waals surface area contributed by atoms with Crippen molar-refractivity contribution in [2.24, 2.45) is 0 Å². The molecule has 0 aromatic heterocycles. The molecular weight excluding hydrogens is 222 g/mol. The lowest BCUT2D eigenvalue weighted by Crippen LogP contribution is -2.39. The van der Waals surface area contributed by atoms with Crippen LogP contribution in [0.2, 0.25) is 0 Å². The number of hydrogen-bond donors (Lipinski definition) is 3. The van der Waals surface area contributed by atoms with Gasteiger partial charge in [-0.1, -0.05) is 0 Å². The molecule has 1 aliphatic rings. The molecule has 0 spiro atoms. The van der Waals surface area contributed by atoms with Gasteiger partial charge in [-0.05, 0) is 7.05 Å². The van der Waals surface area contributed by atoms with Gasteiger partial charge in [0, 0.05) is 12.5 Å². The number of ether oxygens (including phenoxy) is 1. The first-order valence-electron chi connectivity index (χ1n) is 5.03. The van der Waals surface area contributed by atoms with Crippen molar-refractivity contribution in [2.45, 2.75) is 24.4 Å². The zero-order valence-corrected chi connectivity index (χ0v) is 9.00. The van der Waals surface area contributed by atoms with Crippen LogP contribution in [-0.4, -0.2) is 55.9 Å². The Kier molecular flexibility index (Phi) is 4.57. The van der Waals surface area contributed by atoms with Crippen molar-refractivity contribution in [3.8, 4) is 0 Å². The molecule has 94 valence electrons. The standard InChI is InChI=1S/C9H16F2N2O3/c1-12-7(8(14)15)4-16-3-6-2-9(10,11)5-13-6/h6-7,12-13H,2-5H2,1H3,(H,14,15)/t6-,7-/m0/s1. The van der Waals surface area contributed by atoms with Gasteiger partial charge in [0.2, 0.25) is 0 Å². The Balaban J connectivity index is 2.19. The van der Waals surface area contributed by atoms with Crippen LogP contribution in [0.4, 0.5) is 8.78 Å². The first kappa shape index (κ1) is 13.3. The third-order valence-electron chi connectivity index (χ3n) is 2.44. The van der Waals surface area contributed by atoms with E-state index < -0.39 is 24.0 Å². The molecule has 1 fully saturated rings. The smallest absolute Gasteiger partial charge is 0.323 e. The van der Waals surface area contributed by atoms with Crippen LogP contribution in [0, 0.1) is 0 Å². The fraction of sp³-hybridized carbons (Fsp3) is 0.889. The molecule has 7 heteroatoms. The van der Waals surface area contributed by atoms with Crippen molar-refractivity contribution in [3.05, 3.63) is 0 Å². The highest BCUT2D eigenvalue weighted by Crippen LogP contribution is 2.24. The molecule has 0 radical (unpaired) electrons. The van der Waals surface area contributed by atoms with Crippen LogP contribution in [0.1, 0.15) is 6.42 Å². The highest BCUT2D eigenvalue weighted by molar-refractivity contribution is 5.73. The van der Waals surface area contributed by atoms with E-state index >= 15 is 0 Å². The van der Waals surface area contributed by atoms with Crippen molar-refractivity contribution in [1.29, 1.82) is 0 Å². The van der Waals surface area contributed by atoms with Crippen LogP contribution in [0.15, 0.2) is 0 Å². The van der Waals surface area contributed by atoms with Gasteiger partial charge in [-0.15, -0.1) is 0 Å². The summed E-state index contributed by atoms with van der Waals surface area (Å²) in [4.78, 5) is 10.6. The van der Waals surface area contributed by atoms with E-state index in [1.165, 1.54) is 7.05 Å². The monoisotopic (exact) mass is 238 g/mol. The lowest BCUT2D eigenvalue weighted by atomic mass is 10.2. The fourth-order valence-electron chi connectivity index (χ4n) is 1.52. The number of nitrogens with one attached hydrogen (secondary N) is 2. The topological polar surface area (TPSA) is 70.6 Å². The lowest BCUT2D eigenvalue weighted by molar-refractivity contribution is -0.141. The van der Waals surface area contributed by atoms with Gasteiger partial charge < -0.3 is 20.5 Å². The summed E-state index contributed by atoms with van der Waals surface area (Å²) in [6, 6.07) is -1.21. The molecule has 0 saturated carbocycles. The number of carbonyl (C=O) groups is 1. The Labute approximate surface area is 92.2 Å². The molecule has 0 aliphatic carbocycles. The first-order chi connectivity index (χ1) is 7.44. The number of carboxylic acid groups (broad SMARTS) is 1. The van der Waals surface area contributed by atoms with Crippen molar-refractivity contribution in [2.75, 3.05) is 26.8 Å². The molecule has 1 saturated heterocycles. The quantitative estimate of drug-likeness (QED) is 0.591. The number of alkyl halides is 2. The Morgan fingerprint density at radius 1 is 1.75 bits per heavy atom. The van der Waals surface area contributed by atoms with E-state index in [-0.39, 0.29) is 26.2 Å². The summed E-state index contributed by atoms with van der Waals surface area (Å²) < 4.78 is 30.6. The third-order valence-corrected chi connectivity index (χ3v) is 2.44. The lowest BCUT2D eigenvalue weighted by Gasteiger charge is -2.14. The highest BCUT2D eigenvalue weighted by atomic mass is 19.3. The minimum atomic E-state index is -2.68. The van der Waals surface area contributed by atoms with Gasteiger partial charge in [-0.25, -0.2) is 8.78 Å². The highest BCUT2D eigenvalue weighted by Gasteiger charge is 2.39. The number of halogens is 2. The summed E-state index contributed by atoms with van der Waals surface area (Å²) in [7, 11) is 1.50. The maximum atomic E-state index is 12.8. The normalized spacial score (nSPS) is 25.6. The second-order valence-corrected chi connectivity index (χ2v) is 3.85. The zero-order chi connectivity index (χ0) is 12.2. The Morgan fingerprint density at radius 2 is 2.44 bits per heavy atom. The first-order valence-corrected chi connectivity index (χ1v) is 5.03. The minimum absolute atomic E-state index is 0.0322. The molecule has 0 aromatic carbocycles. The van der Waals surface area contributed by atoms with Crippen molar-refractivity contribution >= 4 is 5.97 Å². The van der Waals surface area contributed by atoms with E-state index in [1.54, 1.807) is 0 Å². The molecule has 5 nitrogen and oxygen atoms in total. The second-order valence-electron chi connectivity index (χ2n) is 3.85. The van der Waals surface area contributed by atoms with Crippen molar-refractivity contribution in [1.82, 2.24) is 10.6 Å². The third kappa shape index (κ3) is 3.99. The predicted molar refractivity (Wildman–Crippen MR) is 52.7 cm³/mol. The van der Waals surface area contributed by atoms with E-state index in [9.17, 15) is 13.6 Å². The summed E-state index contributed by atoms with van der Waals surface area (Å²) >= 11 is 0. The van der Waals surface area contributed by atoms with Crippen LogP contribution in [0.5, 0.6) is 0 Å². The molecule has 1 heterocycles. The van der Waals surface area contributed by atoms with Crippen LogP contribution in [0.3, 0.4) is 0 Å². The van der Waals surface area contributed by atoms with Crippen LogP contribution in [-0.2, 0) is 9.53 Å². The predicted octanol–water partition coefficient (Wildman–Crippen LogP) is -0.327. The van der Waals surface area contributed by atoms with Crippen LogP contribution >= 0.6 is 0 Å². The molecule has 0 aromatic rings. The van der Waals surface area contributed by atoms with Gasteiger partial charge in [-0.3, -0.25) is 4.79 Å². The Bertz CT molecular complexity index is 251. The van der Waals surface area contributed by atoms with E-state index in [0.717, 1.165) is 0 Å². The van der Waals surface area contributed by atoms with E-state index in [2.05, 4.69) is 10.6 Å². The van der Waals surface area contributed by atoms with Gasteiger partial charge in [0.25, 0.3) is 5.92 Å². The van der Waals surface area contributed by atoms with E-state index in [1.807, 2.05) is 0 Å². The van der Waals surface area contributed by atoms with E-state index in [0.29, 0.717) is 0 Å². The summed E-state index contributed by atoms with van der Waals surface area (Å²) in [6.45, 7) is -0.272. The summed E-state index contributed by atoms with van der Waals surface area (Å²) in [6.07, 6.45) is -0.260. The molecule has 0 amide bonds. The fourth-order valence-corrected chi connectivity index (χ4v) is 1.52. The number of carboxylic acids is 1. The van der Waals surface area contributed by atoms with Crippen LogP contribution in [0.25, 0.3) is 0 Å². The number of hydrogen-bond acceptors (Lipinski definition) is 4. The minimum Gasteiger partial charge on any atom is -0.480 e. The molecule has 0 bridgehead atoms. The summed E-state index contributed by atoms with van der Waals surface area (Å²) in [5.41, 5.74) is 0. The maximum absolute atomic E-state index is 12.8. The van der Waals surface area contributed by atoms with E-state index in [4.69, 9.17) is 9.84 Å². The number of likely N-dealkylation sites (N-methyl/N-ethyl adjacent to an activating group) is 1. The van der Waals surface area contributed by atoms with Gasteiger partial charge in [-0.2, -0.15) is 0 Å². The molecule has 1 rings (SSSR count). The average molecular weight is 238 g/mol. The average Bonchev–Trinajstić information content (AvgIpc) is 2.52. The second kappa shape index (κ2) is 5.51. The molecule has 16 heavy (non-hydrogen) atoms. The summed E-state index contributed by atoms with van der Waals surface area (Å²) in [5.74, 6) is -3.70. The van der Waals surface area contributed by atoms with Crippen LogP contribution < -0.4 is 10.6 Å². The van der Waals surface area contributed by atoms with Crippen molar-refractivity contribution in [3.63, 3.8) is 0 Å². The molecule has 1 aliphatic heterocycles. The summed E-state index contributed by atoms with van der Waals surface area (Å²) in [5, 5.41) is 13.8. The Hall–Kier alpha value is -0.790. The zero-order valence-electron chi connectivity index (χ0n) is 9.00. The van der Waals surface area contributed by atoms with Gasteiger partial charge in [0.15, 0.2) is 0 Å². The van der Waals surface area contributed by atoms with Gasteiger partial charge >= 0.3 is 5.97 Å². The molecule has 3 N–H and O–H groups in total. The Morgan fingerprint density at radius 3 is 2.88 bits per heavy atom. The van der Waals surface area contributed by atoms with Gasteiger partial charge in [0.05, 0.1) is 19.8 Å². The number of aliphatic carboxylic acids is 1. The molecular formula is C9H16F2N2O3. The number of rotatable bonds is 6. The van der Waals surface area contributed by atoms with Gasteiger partial charge in [0.1, 0.15) is 6.04 Å². The molecule has 2 atom stereocenters. The molecule has 0 unspecified atom stereocenters. The largest absolute Gasteiger partial charge is 0.480 e.